The molecule has 3 heterocycles. The number of amides is 1. The second kappa shape index (κ2) is 8.03. The third-order valence-corrected chi connectivity index (χ3v) is 4.73. The highest BCUT2D eigenvalue weighted by molar-refractivity contribution is 7.09. The highest BCUT2D eigenvalue weighted by atomic mass is 32.1. The van der Waals surface area contributed by atoms with Crippen LogP contribution in [-0.2, 0) is 11.3 Å². The van der Waals surface area contributed by atoms with E-state index in [1.165, 1.54) is 4.88 Å². The predicted molar refractivity (Wildman–Crippen MR) is 91.3 cm³/mol. The van der Waals surface area contributed by atoms with Crippen LogP contribution in [0.4, 0.5) is 5.95 Å². The van der Waals surface area contributed by atoms with Gasteiger partial charge in [0, 0.05) is 63.0 Å². The lowest BCUT2D eigenvalue weighted by atomic mass is 10.2. The Labute approximate surface area is 140 Å². The van der Waals surface area contributed by atoms with Gasteiger partial charge in [0.2, 0.25) is 11.9 Å². The lowest BCUT2D eigenvalue weighted by Gasteiger charge is -2.34. The van der Waals surface area contributed by atoms with Gasteiger partial charge in [-0.3, -0.25) is 9.69 Å². The summed E-state index contributed by atoms with van der Waals surface area (Å²) in [6, 6.07) is 6.02. The highest BCUT2D eigenvalue weighted by Gasteiger charge is 2.20. The largest absolute Gasteiger partial charge is 0.354 e. The Morgan fingerprint density at radius 1 is 1.17 bits per heavy atom. The summed E-state index contributed by atoms with van der Waals surface area (Å²) in [5, 5.41) is 5.18. The van der Waals surface area contributed by atoms with Crippen molar-refractivity contribution in [3.63, 3.8) is 0 Å². The SMILES string of the molecule is O=C(CCNc1ncccn1)N1CCN(Cc2cccs2)CC1. The Hall–Kier alpha value is -1.99. The first-order chi connectivity index (χ1) is 11.3. The third kappa shape index (κ3) is 4.74. The highest BCUT2D eigenvalue weighted by Crippen LogP contribution is 2.13. The first-order valence-electron chi connectivity index (χ1n) is 7.84. The number of anilines is 1. The molecule has 1 aliphatic rings. The summed E-state index contributed by atoms with van der Waals surface area (Å²) < 4.78 is 0. The van der Waals surface area contributed by atoms with Crippen LogP contribution in [0, 0.1) is 0 Å². The quantitative estimate of drug-likeness (QED) is 0.873. The van der Waals surface area contributed by atoms with Gasteiger partial charge in [0.1, 0.15) is 0 Å². The van der Waals surface area contributed by atoms with Crippen molar-refractivity contribution in [1.29, 1.82) is 0 Å². The van der Waals surface area contributed by atoms with Crippen LogP contribution in [0.3, 0.4) is 0 Å². The fraction of sp³-hybridized carbons (Fsp3) is 0.438. The number of hydrogen-bond donors (Lipinski definition) is 1. The fourth-order valence-corrected chi connectivity index (χ4v) is 3.35. The Morgan fingerprint density at radius 2 is 1.96 bits per heavy atom. The van der Waals surface area contributed by atoms with Crippen molar-refractivity contribution >= 4 is 23.2 Å². The molecule has 0 atom stereocenters. The zero-order chi connectivity index (χ0) is 15.9. The first kappa shape index (κ1) is 15.9. The number of nitrogens with one attached hydrogen (secondary N) is 1. The molecule has 1 aliphatic heterocycles. The van der Waals surface area contributed by atoms with Gasteiger partial charge in [-0.15, -0.1) is 11.3 Å². The monoisotopic (exact) mass is 331 g/mol. The van der Waals surface area contributed by atoms with Crippen molar-refractivity contribution in [2.45, 2.75) is 13.0 Å². The number of carbonyl (C=O) groups excluding carboxylic acids is 1. The van der Waals surface area contributed by atoms with Crippen LogP contribution in [0.15, 0.2) is 36.0 Å². The van der Waals surface area contributed by atoms with Gasteiger partial charge in [0.05, 0.1) is 0 Å². The maximum Gasteiger partial charge on any atom is 0.224 e. The van der Waals surface area contributed by atoms with E-state index in [1.807, 2.05) is 4.90 Å². The van der Waals surface area contributed by atoms with E-state index >= 15 is 0 Å². The molecule has 6 nitrogen and oxygen atoms in total. The van der Waals surface area contributed by atoms with E-state index in [2.05, 4.69) is 37.7 Å². The maximum absolute atomic E-state index is 12.2. The fourth-order valence-electron chi connectivity index (χ4n) is 2.61. The molecule has 2 aromatic heterocycles. The van der Waals surface area contributed by atoms with Crippen molar-refractivity contribution in [2.24, 2.45) is 0 Å². The average molecular weight is 331 g/mol. The van der Waals surface area contributed by atoms with Gasteiger partial charge >= 0.3 is 0 Å². The van der Waals surface area contributed by atoms with E-state index in [9.17, 15) is 4.79 Å². The molecular formula is C16H21N5OS. The molecule has 0 radical (unpaired) electrons. The summed E-state index contributed by atoms with van der Waals surface area (Å²) in [6.07, 6.45) is 3.84. The number of aromatic nitrogens is 2. The normalized spacial score (nSPS) is 15.6. The summed E-state index contributed by atoms with van der Waals surface area (Å²) in [5.41, 5.74) is 0. The molecule has 3 rings (SSSR count). The number of carbonyl (C=O) groups is 1. The summed E-state index contributed by atoms with van der Waals surface area (Å²) in [5.74, 6) is 0.769. The van der Waals surface area contributed by atoms with Crippen molar-refractivity contribution in [3.05, 3.63) is 40.8 Å². The minimum atomic E-state index is 0.198. The van der Waals surface area contributed by atoms with Gasteiger partial charge in [-0.2, -0.15) is 0 Å². The molecule has 0 aromatic carbocycles. The molecule has 23 heavy (non-hydrogen) atoms. The van der Waals surface area contributed by atoms with E-state index in [0.29, 0.717) is 18.9 Å². The molecule has 1 fully saturated rings. The van der Waals surface area contributed by atoms with Crippen LogP contribution in [0.25, 0.3) is 0 Å². The van der Waals surface area contributed by atoms with Crippen LogP contribution in [0.1, 0.15) is 11.3 Å². The second-order valence-corrected chi connectivity index (χ2v) is 6.52. The third-order valence-electron chi connectivity index (χ3n) is 3.87. The number of thiophene rings is 1. The van der Waals surface area contributed by atoms with E-state index in [1.54, 1.807) is 29.8 Å². The van der Waals surface area contributed by atoms with Gasteiger partial charge < -0.3 is 10.2 Å². The van der Waals surface area contributed by atoms with Crippen molar-refractivity contribution in [2.75, 3.05) is 38.0 Å². The molecule has 2 aromatic rings. The van der Waals surface area contributed by atoms with Gasteiger partial charge in [-0.05, 0) is 17.5 Å². The van der Waals surface area contributed by atoms with Crippen LogP contribution < -0.4 is 5.32 Å². The topological polar surface area (TPSA) is 61.4 Å². The zero-order valence-corrected chi connectivity index (χ0v) is 13.8. The van der Waals surface area contributed by atoms with Crippen LogP contribution >= 0.6 is 11.3 Å². The van der Waals surface area contributed by atoms with E-state index < -0.39 is 0 Å². The number of nitrogens with zero attached hydrogens (tertiary/aromatic N) is 4. The van der Waals surface area contributed by atoms with Gasteiger partial charge in [-0.1, -0.05) is 6.07 Å². The van der Waals surface area contributed by atoms with Crippen molar-refractivity contribution in [3.8, 4) is 0 Å². The van der Waals surface area contributed by atoms with Crippen LogP contribution in [-0.4, -0.2) is 58.4 Å². The molecule has 122 valence electrons. The number of hydrogen-bond acceptors (Lipinski definition) is 6. The van der Waals surface area contributed by atoms with Crippen LogP contribution in [0.5, 0.6) is 0 Å². The first-order valence-corrected chi connectivity index (χ1v) is 8.72. The van der Waals surface area contributed by atoms with Crippen molar-refractivity contribution in [1.82, 2.24) is 19.8 Å². The smallest absolute Gasteiger partial charge is 0.224 e. The average Bonchev–Trinajstić information content (AvgIpc) is 3.09. The molecule has 1 amide bonds. The Balaban J connectivity index is 1.36. The molecule has 0 aliphatic carbocycles. The Bertz CT molecular complexity index is 596. The number of piperazine rings is 1. The molecule has 0 saturated carbocycles. The van der Waals surface area contributed by atoms with Gasteiger partial charge in [0.15, 0.2) is 0 Å². The van der Waals surface area contributed by atoms with Crippen LogP contribution in [0.2, 0.25) is 0 Å². The summed E-state index contributed by atoms with van der Waals surface area (Å²) in [6.45, 7) is 5.07. The second-order valence-electron chi connectivity index (χ2n) is 5.49. The molecule has 1 saturated heterocycles. The van der Waals surface area contributed by atoms with Gasteiger partial charge in [-0.25, -0.2) is 9.97 Å². The van der Waals surface area contributed by atoms with E-state index in [4.69, 9.17) is 0 Å². The minimum Gasteiger partial charge on any atom is -0.354 e. The standard InChI is InChI=1S/C16H21N5OS/c22-15(4-7-19-16-17-5-2-6-18-16)21-10-8-20(9-11-21)13-14-3-1-12-23-14/h1-3,5-6,12H,4,7-11,13H2,(H,17,18,19). The lowest BCUT2D eigenvalue weighted by Crippen LogP contribution is -2.48. The summed E-state index contributed by atoms with van der Waals surface area (Å²) in [4.78, 5) is 26.2. The molecule has 7 heteroatoms. The predicted octanol–water partition coefficient (Wildman–Crippen LogP) is 1.68. The lowest BCUT2D eigenvalue weighted by molar-refractivity contribution is -0.132. The molecular weight excluding hydrogens is 310 g/mol. The number of rotatable bonds is 6. The van der Waals surface area contributed by atoms with E-state index in [-0.39, 0.29) is 5.91 Å². The molecule has 0 bridgehead atoms. The molecule has 1 N–H and O–H groups in total. The Morgan fingerprint density at radius 3 is 2.65 bits per heavy atom. The Kier molecular flexibility index (Phi) is 5.55. The maximum atomic E-state index is 12.2. The molecule has 0 spiro atoms. The van der Waals surface area contributed by atoms with Gasteiger partial charge in [0.25, 0.3) is 0 Å². The van der Waals surface area contributed by atoms with Crippen molar-refractivity contribution < 1.29 is 4.79 Å². The summed E-state index contributed by atoms with van der Waals surface area (Å²) >= 11 is 1.79. The minimum absolute atomic E-state index is 0.198. The zero-order valence-electron chi connectivity index (χ0n) is 13.0. The summed E-state index contributed by atoms with van der Waals surface area (Å²) in [7, 11) is 0. The van der Waals surface area contributed by atoms with E-state index in [0.717, 1.165) is 32.7 Å². The molecule has 0 unspecified atom stereocenters.